The predicted molar refractivity (Wildman–Crippen MR) is 130 cm³/mol. The molecule has 0 heterocycles. The van der Waals surface area contributed by atoms with E-state index in [9.17, 15) is 4.79 Å². The van der Waals surface area contributed by atoms with E-state index in [0.717, 1.165) is 43.0 Å². The summed E-state index contributed by atoms with van der Waals surface area (Å²) in [6.07, 6.45) is 10.8. The van der Waals surface area contributed by atoms with Gasteiger partial charge in [0, 0.05) is 19.5 Å². The Morgan fingerprint density at radius 1 is 1.28 bits per heavy atom. The number of nitrogens with zero attached hydrogens (tertiary/aromatic N) is 1. The summed E-state index contributed by atoms with van der Waals surface area (Å²) in [6.45, 7) is 10.5. The molecule has 2 aliphatic rings. The molecule has 1 saturated carbocycles. The van der Waals surface area contributed by atoms with E-state index in [-0.39, 0.29) is 5.56 Å². The molecule has 32 heavy (non-hydrogen) atoms. The molecule has 5 nitrogen and oxygen atoms in total. The van der Waals surface area contributed by atoms with Crippen LogP contribution in [0.4, 0.5) is 0 Å². The Hall–Kier alpha value is -2.21. The molecule has 0 radical (unpaired) electrons. The van der Waals surface area contributed by atoms with Crippen molar-refractivity contribution in [3.63, 3.8) is 0 Å². The van der Waals surface area contributed by atoms with Gasteiger partial charge in [-0.25, -0.2) is 10.7 Å². The Morgan fingerprint density at radius 2 is 1.94 bits per heavy atom. The number of hydrogen-bond acceptors (Lipinski definition) is 4. The van der Waals surface area contributed by atoms with Gasteiger partial charge in [-0.3, -0.25) is 4.84 Å². The molecule has 0 bridgehead atoms. The molecular formula is C27H38N2O3. The van der Waals surface area contributed by atoms with Crippen LogP contribution >= 0.6 is 0 Å². The maximum atomic E-state index is 11.1. The van der Waals surface area contributed by atoms with E-state index in [0.29, 0.717) is 12.3 Å². The van der Waals surface area contributed by atoms with Crippen molar-refractivity contribution >= 4 is 11.5 Å². The first-order valence-corrected chi connectivity index (χ1v) is 11.7. The van der Waals surface area contributed by atoms with Crippen molar-refractivity contribution in [3.05, 3.63) is 65.3 Å². The normalized spacial score (nSPS) is 20.5. The van der Waals surface area contributed by atoms with Gasteiger partial charge in [0.15, 0.2) is 0 Å². The zero-order valence-electron chi connectivity index (χ0n) is 19.8. The molecule has 0 aromatic heterocycles. The van der Waals surface area contributed by atoms with Crippen molar-refractivity contribution in [1.29, 1.82) is 0 Å². The summed E-state index contributed by atoms with van der Waals surface area (Å²) in [6, 6.07) is 6.82. The molecule has 2 atom stereocenters. The first-order valence-electron chi connectivity index (χ1n) is 11.7. The number of carbonyl (C=O) groups is 1. The summed E-state index contributed by atoms with van der Waals surface area (Å²) in [7, 11) is 2.17. The zero-order valence-corrected chi connectivity index (χ0v) is 19.8. The van der Waals surface area contributed by atoms with Crippen molar-refractivity contribution in [2.45, 2.75) is 58.0 Å². The topological polar surface area (TPSA) is 75.8 Å². The lowest BCUT2D eigenvalue weighted by molar-refractivity contribution is -0.0574. The lowest BCUT2D eigenvalue weighted by Gasteiger charge is -2.34. The van der Waals surface area contributed by atoms with E-state index >= 15 is 0 Å². The van der Waals surface area contributed by atoms with Gasteiger partial charge in [-0.05, 0) is 81.2 Å². The minimum absolute atomic E-state index is 0.270. The van der Waals surface area contributed by atoms with E-state index in [1.54, 1.807) is 29.8 Å². The van der Waals surface area contributed by atoms with Gasteiger partial charge in [-0.2, -0.15) is 0 Å². The number of carboxylic acids is 1. The number of aromatic carboxylic acids is 1. The molecule has 2 unspecified atom stereocenters. The molecule has 1 aromatic carbocycles. The fourth-order valence-electron chi connectivity index (χ4n) is 4.74. The maximum absolute atomic E-state index is 11.1. The number of allylic oxidation sites excluding steroid dienone is 3. The lowest BCUT2D eigenvalue weighted by Crippen LogP contribution is -2.39. The highest BCUT2D eigenvalue weighted by molar-refractivity contribution is 5.88. The molecule has 0 amide bonds. The highest BCUT2D eigenvalue weighted by Gasteiger charge is 2.32. The summed E-state index contributed by atoms with van der Waals surface area (Å²) in [5.74, 6) is 6.27. The first kappa shape index (κ1) is 24.4. The van der Waals surface area contributed by atoms with E-state index in [1.807, 2.05) is 0 Å². The van der Waals surface area contributed by atoms with Crippen molar-refractivity contribution in [2.75, 3.05) is 20.1 Å². The molecule has 0 aliphatic heterocycles. The second-order valence-corrected chi connectivity index (χ2v) is 9.64. The summed E-state index contributed by atoms with van der Waals surface area (Å²) in [5.41, 5.74) is 4.75. The van der Waals surface area contributed by atoms with Crippen LogP contribution in [0.15, 0.2) is 54.1 Å². The van der Waals surface area contributed by atoms with Crippen LogP contribution in [0.5, 0.6) is 0 Å². The van der Waals surface area contributed by atoms with Crippen molar-refractivity contribution in [1.82, 2.24) is 4.90 Å². The molecule has 3 rings (SSSR count). The number of benzene rings is 1. The third-order valence-corrected chi connectivity index (χ3v) is 7.14. The second-order valence-electron chi connectivity index (χ2n) is 9.64. The summed E-state index contributed by atoms with van der Waals surface area (Å²) < 4.78 is 0. The minimum Gasteiger partial charge on any atom is -0.478 e. The molecular weight excluding hydrogens is 400 g/mol. The monoisotopic (exact) mass is 438 g/mol. The van der Waals surface area contributed by atoms with Crippen LogP contribution in [0, 0.1) is 11.8 Å². The average molecular weight is 439 g/mol. The Bertz CT molecular complexity index is 877. The van der Waals surface area contributed by atoms with Crippen LogP contribution in [-0.2, 0) is 4.84 Å². The van der Waals surface area contributed by atoms with Crippen molar-refractivity contribution in [2.24, 2.45) is 17.7 Å². The van der Waals surface area contributed by atoms with Crippen LogP contribution < -0.4 is 5.90 Å². The standard InChI is InChI=1S/C27H38N2O3/c1-5-27(32-28,17-20(3)22-8-12-24(13-9-22)26(30)31)14-15-29(4)18-21-7-6-19(2)25(16-21)23-10-11-23/h6-9,12-13,21,23H,3,5,10-11,14-18,28H2,1-2,4H3,(H,30,31). The SMILES string of the molecule is C=C(CC(CC)(CCN(C)CC1C=CC(C)=C(C2CC2)C1)ON)c1ccc(C(=O)O)cc1. The van der Waals surface area contributed by atoms with E-state index in [4.69, 9.17) is 15.8 Å². The summed E-state index contributed by atoms with van der Waals surface area (Å²) in [5, 5.41) is 9.10. The number of carboxylic acid groups (broad SMARTS) is 1. The average Bonchev–Trinajstić information content (AvgIpc) is 3.63. The Morgan fingerprint density at radius 3 is 2.50 bits per heavy atom. The van der Waals surface area contributed by atoms with Gasteiger partial charge in [0.25, 0.3) is 0 Å². The first-order chi connectivity index (χ1) is 15.3. The van der Waals surface area contributed by atoms with Gasteiger partial charge in [0.05, 0.1) is 11.2 Å². The Labute approximate surface area is 192 Å². The quantitative estimate of drug-likeness (QED) is 0.424. The van der Waals surface area contributed by atoms with Crippen molar-refractivity contribution in [3.8, 4) is 0 Å². The van der Waals surface area contributed by atoms with E-state index < -0.39 is 11.6 Å². The second kappa shape index (κ2) is 10.6. The summed E-state index contributed by atoms with van der Waals surface area (Å²) in [4.78, 5) is 19.0. The van der Waals surface area contributed by atoms with Crippen LogP contribution in [0.25, 0.3) is 5.57 Å². The molecule has 5 heteroatoms. The van der Waals surface area contributed by atoms with Crippen LogP contribution in [0.2, 0.25) is 0 Å². The third-order valence-electron chi connectivity index (χ3n) is 7.14. The highest BCUT2D eigenvalue weighted by Crippen LogP contribution is 2.43. The fraction of sp³-hybridized carbons (Fsp3) is 0.519. The van der Waals surface area contributed by atoms with Crippen LogP contribution in [0.3, 0.4) is 0 Å². The molecule has 2 aliphatic carbocycles. The molecule has 1 fully saturated rings. The van der Waals surface area contributed by atoms with Gasteiger partial charge in [-0.15, -0.1) is 0 Å². The molecule has 0 spiro atoms. The van der Waals surface area contributed by atoms with Gasteiger partial charge in [-0.1, -0.05) is 48.9 Å². The Balaban J connectivity index is 1.55. The van der Waals surface area contributed by atoms with Gasteiger partial charge >= 0.3 is 5.97 Å². The maximum Gasteiger partial charge on any atom is 0.335 e. The zero-order chi connectivity index (χ0) is 23.3. The highest BCUT2D eigenvalue weighted by atomic mass is 16.6. The molecule has 1 aromatic rings. The predicted octanol–water partition coefficient (Wildman–Crippen LogP) is 5.45. The summed E-state index contributed by atoms with van der Waals surface area (Å²) >= 11 is 0. The number of nitrogens with two attached hydrogens (primary N) is 1. The van der Waals surface area contributed by atoms with Gasteiger partial charge < -0.3 is 10.0 Å². The van der Waals surface area contributed by atoms with Crippen LogP contribution in [0.1, 0.15) is 68.3 Å². The fourth-order valence-corrected chi connectivity index (χ4v) is 4.74. The Kier molecular flexibility index (Phi) is 8.10. The number of rotatable bonds is 12. The third kappa shape index (κ3) is 6.18. The van der Waals surface area contributed by atoms with Gasteiger partial charge in [0.1, 0.15) is 0 Å². The molecule has 174 valence electrons. The van der Waals surface area contributed by atoms with E-state index in [1.165, 1.54) is 24.8 Å². The lowest BCUT2D eigenvalue weighted by atomic mass is 9.85. The number of hydrogen-bond donors (Lipinski definition) is 2. The van der Waals surface area contributed by atoms with E-state index in [2.05, 4.69) is 44.5 Å². The molecule has 0 saturated heterocycles. The van der Waals surface area contributed by atoms with Crippen LogP contribution in [-0.4, -0.2) is 41.7 Å². The largest absolute Gasteiger partial charge is 0.478 e. The smallest absolute Gasteiger partial charge is 0.335 e. The minimum atomic E-state index is -0.930. The van der Waals surface area contributed by atoms with Crippen molar-refractivity contribution < 1.29 is 14.7 Å². The van der Waals surface area contributed by atoms with Gasteiger partial charge in [0.2, 0.25) is 0 Å². The molecule has 3 N–H and O–H groups in total.